The molecule has 0 radical (unpaired) electrons. The standard InChI is InChI=1S/C13H17BrO3/c1-8(16-3)13(2)7-11(15)10-6-9(14)4-5-12(10)17-13/h4-6,8,11,15H,7H2,1-3H3. The van der Waals surface area contributed by atoms with Crippen LogP contribution in [0.1, 0.15) is 31.9 Å². The molecule has 0 fully saturated rings. The van der Waals surface area contributed by atoms with Gasteiger partial charge in [-0.1, -0.05) is 15.9 Å². The third-order valence-electron chi connectivity index (χ3n) is 3.49. The molecule has 0 aromatic heterocycles. The van der Waals surface area contributed by atoms with Crippen molar-refractivity contribution in [2.75, 3.05) is 7.11 Å². The number of benzene rings is 1. The lowest BCUT2D eigenvalue weighted by molar-refractivity contribution is -0.0919. The molecule has 3 atom stereocenters. The van der Waals surface area contributed by atoms with Gasteiger partial charge in [0.15, 0.2) is 0 Å². The largest absolute Gasteiger partial charge is 0.484 e. The molecule has 0 bridgehead atoms. The number of halogens is 1. The molecular weight excluding hydrogens is 284 g/mol. The summed E-state index contributed by atoms with van der Waals surface area (Å²) in [6.45, 7) is 3.92. The van der Waals surface area contributed by atoms with Gasteiger partial charge in [0.05, 0.1) is 12.2 Å². The molecule has 17 heavy (non-hydrogen) atoms. The molecule has 3 nitrogen and oxygen atoms in total. The highest BCUT2D eigenvalue weighted by atomic mass is 79.9. The molecule has 94 valence electrons. The molecule has 2 rings (SSSR count). The Morgan fingerprint density at radius 3 is 2.94 bits per heavy atom. The Labute approximate surface area is 110 Å². The Bertz CT molecular complexity index is 421. The van der Waals surface area contributed by atoms with Crippen molar-refractivity contribution in [2.45, 2.75) is 38.1 Å². The highest BCUT2D eigenvalue weighted by Crippen LogP contribution is 2.42. The zero-order valence-corrected chi connectivity index (χ0v) is 11.8. The molecular formula is C13H17BrO3. The van der Waals surface area contributed by atoms with E-state index >= 15 is 0 Å². The van der Waals surface area contributed by atoms with Gasteiger partial charge >= 0.3 is 0 Å². The lowest BCUT2D eigenvalue weighted by atomic mass is 9.86. The van der Waals surface area contributed by atoms with E-state index in [1.807, 2.05) is 32.0 Å². The van der Waals surface area contributed by atoms with Crippen LogP contribution in [0.5, 0.6) is 5.75 Å². The minimum Gasteiger partial charge on any atom is -0.484 e. The van der Waals surface area contributed by atoms with E-state index in [4.69, 9.17) is 9.47 Å². The van der Waals surface area contributed by atoms with Crippen LogP contribution in [0.15, 0.2) is 22.7 Å². The van der Waals surface area contributed by atoms with Crippen molar-refractivity contribution >= 4 is 15.9 Å². The van der Waals surface area contributed by atoms with Crippen molar-refractivity contribution in [3.63, 3.8) is 0 Å². The van der Waals surface area contributed by atoms with Crippen molar-refractivity contribution in [1.29, 1.82) is 0 Å². The molecule has 0 saturated carbocycles. The highest BCUT2D eigenvalue weighted by Gasteiger charge is 2.41. The molecule has 1 heterocycles. The lowest BCUT2D eigenvalue weighted by Gasteiger charge is -2.41. The second-order valence-corrected chi connectivity index (χ2v) is 5.61. The van der Waals surface area contributed by atoms with Crippen LogP contribution in [-0.4, -0.2) is 23.9 Å². The number of ether oxygens (including phenoxy) is 2. The number of fused-ring (bicyclic) bond motifs is 1. The minimum atomic E-state index is -0.515. The summed E-state index contributed by atoms with van der Waals surface area (Å²) in [6.07, 6.45) is -0.0568. The SMILES string of the molecule is COC(C)C1(C)CC(O)c2cc(Br)ccc2O1. The predicted octanol–water partition coefficient (Wildman–Crippen LogP) is 3.06. The lowest BCUT2D eigenvalue weighted by Crippen LogP contribution is -2.47. The van der Waals surface area contributed by atoms with Gasteiger partial charge in [-0.2, -0.15) is 0 Å². The monoisotopic (exact) mass is 300 g/mol. The van der Waals surface area contributed by atoms with E-state index in [1.54, 1.807) is 7.11 Å². The molecule has 4 heteroatoms. The van der Waals surface area contributed by atoms with Gasteiger partial charge in [-0.25, -0.2) is 0 Å². The van der Waals surface area contributed by atoms with Crippen LogP contribution in [0.3, 0.4) is 0 Å². The number of rotatable bonds is 2. The summed E-state index contributed by atoms with van der Waals surface area (Å²) in [5.74, 6) is 0.735. The minimum absolute atomic E-state index is 0.0750. The Morgan fingerprint density at radius 2 is 2.29 bits per heavy atom. The van der Waals surface area contributed by atoms with E-state index < -0.39 is 11.7 Å². The fourth-order valence-corrected chi connectivity index (χ4v) is 2.54. The van der Waals surface area contributed by atoms with Crippen molar-refractivity contribution in [2.24, 2.45) is 0 Å². The number of aliphatic hydroxyl groups is 1. The van der Waals surface area contributed by atoms with Gasteiger partial charge in [0.25, 0.3) is 0 Å². The molecule has 1 aromatic carbocycles. The van der Waals surface area contributed by atoms with Gasteiger partial charge in [-0.15, -0.1) is 0 Å². The van der Waals surface area contributed by atoms with Crippen molar-refractivity contribution in [3.05, 3.63) is 28.2 Å². The van der Waals surface area contributed by atoms with E-state index in [0.717, 1.165) is 15.8 Å². The Hall–Kier alpha value is -0.580. The van der Waals surface area contributed by atoms with Crippen molar-refractivity contribution in [1.82, 2.24) is 0 Å². The van der Waals surface area contributed by atoms with Gasteiger partial charge < -0.3 is 14.6 Å². The second-order valence-electron chi connectivity index (χ2n) is 4.69. The second kappa shape index (κ2) is 4.59. The molecule has 3 unspecified atom stereocenters. The summed E-state index contributed by atoms with van der Waals surface area (Å²) < 4.78 is 12.3. The van der Waals surface area contributed by atoms with Crippen LogP contribution in [0.25, 0.3) is 0 Å². The van der Waals surface area contributed by atoms with Crippen LogP contribution >= 0.6 is 15.9 Å². The van der Waals surface area contributed by atoms with Gasteiger partial charge in [0.2, 0.25) is 0 Å². The summed E-state index contributed by atoms with van der Waals surface area (Å²) in [4.78, 5) is 0. The maximum Gasteiger partial charge on any atom is 0.135 e. The van der Waals surface area contributed by atoms with Crippen LogP contribution < -0.4 is 4.74 Å². The molecule has 1 aliphatic heterocycles. The van der Waals surface area contributed by atoms with E-state index in [9.17, 15) is 5.11 Å². The van der Waals surface area contributed by atoms with E-state index in [2.05, 4.69) is 15.9 Å². The van der Waals surface area contributed by atoms with E-state index in [-0.39, 0.29) is 6.10 Å². The molecule has 0 amide bonds. The molecule has 0 aliphatic carbocycles. The number of hydrogen-bond acceptors (Lipinski definition) is 3. The first-order valence-electron chi connectivity index (χ1n) is 5.65. The van der Waals surface area contributed by atoms with Crippen LogP contribution in [0, 0.1) is 0 Å². The summed E-state index contributed by atoms with van der Waals surface area (Å²) in [5.41, 5.74) is 0.342. The molecule has 0 saturated heterocycles. The zero-order chi connectivity index (χ0) is 12.6. The molecule has 0 spiro atoms. The quantitative estimate of drug-likeness (QED) is 0.912. The van der Waals surface area contributed by atoms with Crippen LogP contribution in [0.2, 0.25) is 0 Å². The van der Waals surface area contributed by atoms with Crippen LogP contribution in [-0.2, 0) is 4.74 Å². The normalized spacial score (nSPS) is 29.4. The summed E-state index contributed by atoms with van der Waals surface area (Å²) in [6, 6.07) is 5.69. The maximum absolute atomic E-state index is 10.2. The highest BCUT2D eigenvalue weighted by molar-refractivity contribution is 9.10. The van der Waals surface area contributed by atoms with Gasteiger partial charge in [-0.05, 0) is 32.0 Å². The average Bonchev–Trinajstić information content (AvgIpc) is 2.29. The topological polar surface area (TPSA) is 38.7 Å². The van der Waals surface area contributed by atoms with Gasteiger partial charge in [0.1, 0.15) is 11.4 Å². The van der Waals surface area contributed by atoms with Crippen molar-refractivity contribution in [3.8, 4) is 5.75 Å². The third-order valence-corrected chi connectivity index (χ3v) is 3.98. The fraction of sp³-hybridized carbons (Fsp3) is 0.538. The smallest absolute Gasteiger partial charge is 0.135 e. The number of methoxy groups -OCH3 is 1. The summed E-state index contributed by atoms with van der Waals surface area (Å²) in [5, 5.41) is 10.2. The summed E-state index contributed by atoms with van der Waals surface area (Å²) in [7, 11) is 1.66. The van der Waals surface area contributed by atoms with E-state index in [1.165, 1.54) is 0 Å². The van der Waals surface area contributed by atoms with Crippen LogP contribution in [0.4, 0.5) is 0 Å². The first kappa shape index (κ1) is 12.9. The number of aliphatic hydroxyl groups excluding tert-OH is 1. The Kier molecular flexibility index (Phi) is 3.48. The summed E-state index contributed by atoms with van der Waals surface area (Å²) >= 11 is 3.40. The molecule has 1 N–H and O–H groups in total. The first-order chi connectivity index (χ1) is 7.96. The fourth-order valence-electron chi connectivity index (χ4n) is 2.16. The number of hydrogen-bond donors (Lipinski definition) is 1. The average molecular weight is 301 g/mol. The van der Waals surface area contributed by atoms with Gasteiger partial charge in [0, 0.05) is 23.6 Å². The molecule has 1 aromatic rings. The predicted molar refractivity (Wildman–Crippen MR) is 69.2 cm³/mol. The van der Waals surface area contributed by atoms with Gasteiger partial charge in [-0.3, -0.25) is 0 Å². The Morgan fingerprint density at radius 1 is 1.59 bits per heavy atom. The molecule has 1 aliphatic rings. The van der Waals surface area contributed by atoms with E-state index in [0.29, 0.717) is 6.42 Å². The zero-order valence-electron chi connectivity index (χ0n) is 10.2. The third kappa shape index (κ3) is 2.34. The maximum atomic E-state index is 10.2. The first-order valence-corrected chi connectivity index (χ1v) is 6.45. The Balaban J connectivity index is 2.36. The van der Waals surface area contributed by atoms with Crippen molar-refractivity contribution < 1.29 is 14.6 Å².